The van der Waals surface area contributed by atoms with Crippen molar-refractivity contribution in [3.63, 3.8) is 0 Å². The third-order valence-electron chi connectivity index (χ3n) is 2.32. The van der Waals surface area contributed by atoms with E-state index in [-0.39, 0.29) is 5.38 Å². The number of para-hydroxylation sites is 2. The van der Waals surface area contributed by atoms with Crippen molar-refractivity contribution in [3.8, 4) is 0 Å². The Kier molecular flexibility index (Phi) is 3.11. The van der Waals surface area contributed by atoms with E-state index in [0.717, 1.165) is 29.9 Å². The lowest BCUT2D eigenvalue weighted by Crippen LogP contribution is -2.13. The lowest BCUT2D eigenvalue weighted by atomic mass is 10.3. The van der Waals surface area contributed by atoms with Crippen LogP contribution in [0.3, 0.4) is 0 Å². The molecule has 0 bridgehead atoms. The van der Waals surface area contributed by atoms with E-state index in [1.54, 1.807) is 0 Å². The molecule has 4 heteroatoms. The molecule has 0 spiro atoms. The molecule has 2 rings (SSSR count). The maximum absolute atomic E-state index is 6.01. The molecular formula is C11H14ClN3. The zero-order valence-electron chi connectivity index (χ0n) is 8.63. The number of anilines is 1. The number of fused-ring (bicyclic) bond motifs is 1. The summed E-state index contributed by atoms with van der Waals surface area (Å²) < 4.78 is 0. The fraction of sp³-hybridized carbons (Fsp3) is 0.364. The fourth-order valence-corrected chi connectivity index (χ4v) is 1.47. The molecule has 1 aromatic heterocycles. The topological polar surface area (TPSA) is 40.7 Å². The highest BCUT2D eigenvalue weighted by Crippen LogP contribution is 2.13. The number of hydrogen-bond donors (Lipinski definition) is 2. The van der Waals surface area contributed by atoms with Crippen molar-refractivity contribution in [1.29, 1.82) is 0 Å². The first-order valence-corrected chi connectivity index (χ1v) is 5.56. The summed E-state index contributed by atoms with van der Waals surface area (Å²) in [4.78, 5) is 7.59. The number of rotatable bonds is 4. The third kappa shape index (κ3) is 2.42. The van der Waals surface area contributed by atoms with Gasteiger partial charge in [0, 0.05) is 6.54 Å². The highest BCUT2D eigenvalue weighted by atomic mass is 35.5. The number of aromatic amines is 1. The highest BCUT2D eigenvalue weighted by Gasteiger charge is 2.04. The van der Waals surface area contributed by atoms with E-state index in [4.69, 9.17) is 11.6 Å². The lowest BCUT2D eigenvalue weighted by Gasteiger charge is -2.06. The highest BCUT2D eigenvalue weighted by molar-refractivity contribution is 6.20. The molecule has 0 fully saturated rings. The summed E-state index contributed by atoms with van der Waals surface area (Å²) in [5.41, 5.74) is 2.02. The van der Waals surface area contributed by atoms with E-state index in [0.29, 0.717) is 0 Å². The quantitative estimate of drug-likeness (QED) is 0.783. The molecule has 15 heavy (non-hydrogen) atoms. The Hall–Kier alpha value is -1.22. The van der Waals surface area contributed by atoms with Crippen molar-refractivity contribution in [2.75, 3.05) is 11.9 Å². The van der Waals surface area contributed by atoms with E-state index in [1.165, 1.54) is 0 Å². The van der Waals surface area contributed by atoms with Crippen molar-refractivity contribution < 1.29 is 0 Å². The van der Waals surface area contributed by atoms with Crippen molar-refractivity contribution >= 4 is 28.6 Å². The van der Waals surface area contributed by atoms with Gasteiger partial charge in [-0.25, -0.2) is 4.98 Å². The molecule has 0 aliphatic carbocycles. The van der Waals surface area contributed by atoms with E-state index in [9.17, 15) is 0 Å². The summed E-state index contributed by atoms with van der Waals surface area (Å²) in [5.74, 6) is 0.787. The molecule has 1 atom stereocenters. The minimum atomic E-state index is 0.151. The van der Waals surface area contributed by atoms with E-state index in [2.05, 4.69) is 22.2 Å². The van der Waals surface area contributed by atoms with Crippen LogP contribution in [0.15, 0.2) is 24.3 Å². The number of benzene rings is 1. The maximum atomic E-state index is 6.01. The van der Waals surface area contributed by atoms with Gasteiger partial charge in [-0.1, -0.05) is 19.1 Å². The van der Waals surface area contributed by atoms with Gasteiger partial charge in [-0.05, 0) is 18.6 Å². The molecule has 0 aliphatic heterocycles. The second kappa shape index (κ2) is 4.53. The van der Waals surface area contributed by atoms with Crippen molar-refractivity contribution in [3.05, 3.63) is 24.3 Å². The number of nitrogens with zero attached hydrogens (tertiary/aromatic N) is 1. The molecule has 1 heterocycles. The zero-order chi connectivity index (χ0) is 10.7. The first-order chi connectivity index (χ1) is 7.29. The van der Waals surface area contributed by atoms with Crippen LogP contribution in [0.5, 0.6) is 0 Å². The SMILES string of the molecule is CCC(Cl)CNc1nc2ccccc2[nH]1. The van der Waals surface area contributed by atoms with Gasteiger partial charge in [-0.2, -0.15) is 0 Å². The number of alkyl halides is 1. The largest absolute Gasteiger partial charge is 0.354 e. The van der Waals surface area contributed by atoms with Crippen LogP contribution >= 0.6 is 11.6 Å². The summed E-state index contributed by atoms with van der Waals surface area (Å²) in [6.45, 7) is 2.80. The van der Waals surface area contributed by atoms with Gasteiger partial charge in [0.25, 0.3) is 0 Å². The second-order valence-corrected chi connectivity index (χ2v) is 4.11. The predicted molar refractivity (Wildman–Crippen MR) is 64.5 cm³/mol. The molecule has 0 saturated carbocycles. The van der Waals surface area contributed by atoms with Crippen LogP contribution in [0.25, 0.3) is 11.0 Å². The maximum Gasteiger partial charge on any atom is 0.201 e. The van der Waals surface area contributed by atoms with E-state index in [1.807, 2.05) is 24.3 Å². The van der Waals surface area contributed by atoms with Crippen molar-refractivity contribution in [1.82, 2.24) is 9.97 Å². The average Bonchev–Trinajstić information content (AvgIpc) is 2.68. The molecule has 0 saturated heterocycles. The molecule has 2 N–H and O–H groups in total. The van der Waals surface area contributed by atoms with E-state index < -0.39 is 0 Å². The lowest BCUT2D eigenvalue weighted by molar-refractivity contribution is 0.838. The van der Waals surface area contributed by atoms with Crippen LogP contribution < -0.4 is 5.32 Å². The van der Waals surface area contributed by atoms with Crippen molar-refractivity contribution in [2.45, 2.75) is 18.7 Å². The van der Waals surface area contributed by atoms with Gasteiger partial charge in [0.15, 0.2) is 0 Å². The van der Waals surface area contributed by atoms with Crippen LogP contribution in [-0.4, -0.2) is 21.9 Å². The molecule has 3 nitrogen and oxygen atoms in total. The first kappa shape index (κ1) is 10.3. The van der Waals surface area contributed by atoms with Crippen LogP contribution in [0.4, 0.5) is 5.95 Å². The van der Waals surface area contributed by atoms with Gasteiger partial charge in [0.05, 0.1) is 16.4 Å². The first-order valence-electron chi connectivity index (χ1n) is 5.12. The number of aromatic nitrogens is 2. The summed E-state index contributed by atoms with van der Waals surface area (Å²) in [6, 6.07) is 7.95. The van der Waals surface area contributed by atoms with E-state index >= 15 is 0 Å². The molecule has 2 aromatic rings. The van der Waals surface area contributed by atoms with Gasteiger partial charge in [-0.15, -0.1) is 11.6 Å². The Morgan fingerprint density at radius 3 is 3.00 bits per heavy atom. The monoisotopic (exact) mass is 223 g/mol. The normalized spacial score (nSPS) is 12.9. The van der Waals surface area contributed by atoms with Crippen LogP contribution in [0.2, 0.25) is 0 Å². The Morgan fingerprint density at radius 1 is 1.47 bits per heavy atom. The molecule has 0 amide bonds. The summed E-state index contributed by atoms with van der Waals surface area (Å²) >= 11 is 6.01. The summed E-state index contributed by atoms with van der Waals surface area (Å²) in [6.07, 6.45) is 0.953. The second-order valence-electron chi connectivity index (χ2n) is 3.49. The van der Waals surface area contributed by atoms with Gasteiger partial charge in [0.2, 0.25) is 5.95 Å². The third-order valence-corrected chi connectivity index (χ3v) is 2.79. The Morgan fingerprint density at radius 2 is 2.27 bits per heavy atom. The molecule has 0 radical (unpaired) electrons. The Bertz CT molecular complexity index is 405. The zero-order valence-corrected chi connectivity index (χ0v) is 9.38. The summed E-state index contributed by atoms with van der Waals surface area (Å²) in [7, 11) is 0. The van der Waals surface area contributed by atoms with Crippen LogP contribution in [0, 0.1) is 0 Å². The number of nitrogens with one attached hydrogen (secondary N) is 2. The minimum absolute atomic E-state index is 0.151. The number of imidazole rings is 1. The smallest absolute Gasteiger partial charge is 0.201 e. The molecule has 1 aromatic carbocycles. The fourth-order valence-electron chi connectivity index (χ4n) is 1.39. The van der Waals surface area contributed by atoms with Gasteiger partial charge in [0.1, 0.15) is 0 Å². The molecule has 1 unspecified atom stereocenters. The van der Waals surface area contributed by atoms with Gasteiger partial charge in [-0.3, -0.25) is 0 Å². The Balaban J connectivity index is 2.09. The molecule has 80 valence electrons. The van der Waals surface area contributed by atoms with Crippen LogP contribution in [-0.2, 0) is 0 Å². The molecular weight excluding hydrogens is 210 g/mol. The predicted octanol–water partition coefficient (Wildman–Crippen LogP) is 2.99. The number of halogens is 1. The molecule has 0 aliphatic rings. The standard InChI is InChI=1S/C11H14ClN3/c1-2-8(12)7-13-11-14-9-5-3-4-6-10(9)15-11/h3-6,8H,2,7H2,1H3,(H2,13,14,15). The summed E-state index contributed by atoms with van der Waals surface area (Å²) in [5, 5.41) is 3.34. The van der Waals surface area contributed by atoms with Crippen molar-refractivity contribution in [2.24, 2.45) is 0 Å². The van der Waals surface area contributed by atoms with Crippen LogP contribution in [0.1, 0.15) is 13.3 Å². The van der Waals surface area contributed by atoms with Gasteiger partial charge >= 0.3 is 0 Å². The van der Waals surface area contributed by atoms with Gasteiger partial charge < -0.3 is 10.3 Å². The number of hydrogen-bond acceptors (Lipinski definition) is 2. The minimum Gasteiger partial charge on any atom is -0.354 e. The Labute approximate surface area is 93.9 Å². The number of H-pyrrole nitrogens is 1. The average molecular weight is 224 g/mol.